The van der Waals surface area contributed by atoms with Crippen molar-refractivity contribution in [3.8, 4) is 56.1 Å². The maximum absolute atomic E-state index is 6.32. The molecule has 0 amide bonds. The maximum Gasteiger partial charge on any atom is 0.129 e. The van der Waals surface area contributed by atoms with Crippen molar-refractivity contribution >= 4 is 5.69 Å². The summed E-state index contributed by atoms with van der Waals surface area (Å²) >= 11 is 0. The Labute approximate surface area is 252 Å². The number of pyridine rings is 1. The minimum Gasteiger partial charge on any atom is -0.457 e. The zero-order valence-electron chi connectivity index (χ0n) is 24.0. The van der Waals surface area contributed by atoms with Gasteiger partial charge in [-0.05, 0) is 88.0 Å². The topological polar surface area (TPSA) is 28.6 Å². The standard InChI is InChI=1S/C39H31N3O/c1-41-20-21-42(28-41)36-15-9-17-38(27-36)43-37-16-8-14-32(25-37)39-26-31(18-19-40-39)35-23-33(29-10-4-2-5-11-29)22-34(24-35)30-12-6-3-7-13-30/h2-27H,28H2,1H3. The molecule has 5 aromatic carbocycles. The van der Waals surface area contributed by atoms with Crippen molar-refractivity contribution in [2.45, 2.75) is 0 Å². The Morgan fingerprint density at radius 1 is 0.512 bits per heavy atom. The zero-order chi connectivity index (χ0) is 29.0. The third kappa shape index (κ3) is 5.90. The number of hydrogen-bond acceptors (Lipinski definition) is 4. The molecule has 0 saturated heterocycles. The number of benzene rings is 5. The van der Waals surface area contributed by atoms with Crippen LogP contribution in [0.15, 0.2) is 158 Å². The molecular weight excluding hydrogens is 526 g/mol. The summed E-state index contributed by atoms with van der Waals surface area (Å²) in [6, 6.07) is 48.4. The number of hydrogen-bond donors (Lipinski definition) is 0. The second kappa shape index (κ2) is 11.7. The van der Waals surface area contributed by atoms with Crippen LogP contribution in [0.2, 0.25) is 0 Å². The molecule has 0 fully saturated rings. The minimum atomic E-state index is 0.772. The molecule has 43 heavy (non-hydrogen) atoms. The van der Waals surface area contributed by atoms with E-state index >= 15 is 0 Å². The first-order valence-electron chi connectivity index (χ1n) is 14.4. The summed E-state index contributed by atoms with van der Waals surface area (Å²) in [6.45, 7) is 0.821. The summed E-state index contributed by atoms with van der Waals surface area (Å²) in [5.74, 6) is 1.57. The average molecular weight is 558 g/mol. The lowest BCUT2D eigenvalue weighted by atomic mass is 9.93. The molecule has 0 aliphatic carbocycles. The van der Waals surface area contributed by atoms with E-state index in [1.807, 2.05) is 30.5 Å². The average Bonchev–Trinajstić information content (AvgIpc) is 3.52. The smallest absolute Gasteiger partial charge is 0.129 e. The molecule has 4 heteroatoms. The van der Waals surface area contributed by atoms with Crippen LogP contribution in [0.25, 0.3) is 44.6 Å². The van der Waals surface area contributed by atoms with Crippen LogP contribution >= 0.6 is 0 Å². The Kier molecular flexibility index (Phi) is 7.16. The van der Waals surface area contributed by atoms with E-state index in [0.29, 0.717) is 0 Å². The Bertz CT molecular complexity index is 1840. The molecule has 208 valence electrons. The van der Waals surface area contributed by atoms with Gasteiger partial charge in [0.1, 0.15) is 11.5 Å². The first-order chi connectivity index (χ1) is 21.2. The number of aromatic nitrogens is 1. The third-order valence-electron chi connectivity index (χ3n) is 7.63. The van der Waals surface area contributed by atoms with E-state index in [4.69, 9.17) is 9.72 Å². The molecule has 7 rings (SSSR count). The molecule has 0 unspecified atom stereocenters. The van der Waals surface area contributed by atoms with Crippen molar-refractivity contribution in [3.63, 3.8) is 0 Å². The molecule has 1 aliphatic rings. The van der Waals surface area contributed by atoms with Gasteiger partial charge >= 0.3 is 0 Å². The first-order valence-corrected chi connectivity index (χ1v) is 14.4. The molecule has 1 aliphatic heterocycles. The molecule has 4 nitrogen and oxygen atoms in total. The van der Waals surface area contributed by atoms with E-state index < -0.39 is 0 Å². The molecule has 0 radical (unpaired) electrons. The SMILES string of the molecule is CN1C=CN(c2cccc(Oc3cccc(-c4cc(-c5cc(-c6ccccc6)cc(-c6ccccc6)c5)ccn4)c3)c2)C1. The quantitative estimate of drug-likeness (QED) is 0.195. The Hall–Kier alpha value is -5.61. The molecule has 2 heterocycles. The van der Waals surface area contributed by atoms with Gasteiger partial charge in [-0.1, -0.05) is 78.9 Å². The minimum absolute atomic E-state index is 0.772. The van der Waals surface area contributed by atoms with Crippen LogP contribution in [-0.4, -0.2) is 23.6 Å². The second-order valence-corrected chi connectivity index (χ2v) is 10.8. The lowest BCUT2D eigenvalue weighted by Gasteiger charge is -2.19. The van der Waals surface area contributed by atoms with Gasteiger partial charge in [0.2, 0.25) is 0 Å². The summed E-state index contributed by atoms with van der Waals surface area (Å²) < 4.78 is 6.32. The van der Waals surface area contributed by atoms with Crippen LogP contribution < -0.4 is 9.64 Å². The van der Waals surface area contributed by atoms with Crippen molar-refractivity contribution in [2.24, 2.45) is 0 Å². The lowest BCUT2D eigenvalue weighted by Crippen LogP contribution is -2.21. The van der Waals surface area contributed by atoms with Gasteiger partial charge in [0.05, 0.1) is 12.4 Å². The molecular formula is C39H31N3O. The van der Waals surface area contributed by atoms with Crippen LogP contribution in [0.4, 0.5) is 5.69 Å². The van der Waals surface area contributed by atoms with Crippen molar-refractivity contribution in [2.75, 3.05) is 18.6 Å². The van der Waals surface area contributed by atoms with E-state index in [2.05, 4.69) is 145 Å². The number of anilines is 1. The predicted octanol–water partition coefficient (Wildman–Crippen LogP) is 9.72. The van der Waals surface area contributed by atoms with Crippen LogP contribution in [0, 0.1) is 0 Å². The van der Waals surface area contributed by atoms with Crippen LogP contribution in [0.3, 0.4) is 0 Å². The highest BCUT2D eigenvalue weighted by Crippen LogP contribution is 2.35. The van der Waals surface area contributed by atoms with Gasteiger partial charge in [-0.3, -0.25) is 4.98 Å². The highest BCUT2D eigenvalue weighted by molar-refractivity contribution is 5.82. The van der Waals surface area contributed by atoms with Crippen LogP contribution in [-0.2, 0) is 0 Å². The van der Waals surface area contributed by atoms with Crippen LogP contribution in [0.5, 0.6) is 11.5 Å². The Morgan fingerprint density at radius 2 is 1.12 bits per heavy atom. The fourth-order valence-electron chi connectivity index (χ4n) is 5.43. The molecule has 0 N–H and O–H groups in total. The monoisotopic (exact) mass is 557 g/mol. The summed E-state index contributed by atoms with van der Waals surface area (Å²) in [4.78, 5) is 9.07. The second-order valence-electron chi connectivity index (χ2n) is 10.8. The number of ether oxygens (including phenoxy) is 1. The van der Waals surface area contributed by atoms with Gasteiger partial charge in [-0.15, -0.1) is 0 Å². The lowest BCUT2D eigenvalue weighted by molar-refractivity contribution is 0.481. The fourth-order valence-corrected chi connectivity index (χ4v) is 5.43. The van der Waals surface area contributed by atoms with Crippen molar-refractivity contribution in [1.82, 2.24) is 9.88 Å². The molecule has 1 aromatic heterocycles. The van der Waals surface area contributed by atoms with Crippen molar-refractivity contribution < 1.29 is 4.74 Å². The van der Waals surface area contributed by atoms with Gasteiger partial charge in [-0.2, -0.15) is 0 Å². The zero-order valence-corrected chi connectivity index (χ0v) is 24.0. The van der Waals surface area contributed by atoms with Gasteiger partial charge in [0.25, 0.3) is 0 Å². The van der Waals surface area contributed by atoms with E-state index in [9.17, 15) is 0 Å². The van der Waals surface area contributed by atoms with Gasteiger partial charge in [0, 0.05) is 43.0 Å². The third-order valence-corrected chi connectivity index (χ3v) is 7.63. The summed E-state index contributed by atoms with van der Waals surface area (Å²) in [5.41, 5.74) is 10.0. The van der Waals surface area contributed by atoms with Gasteiger partial charge < -0.3 is 14.5 Å². The summed E-state index contributed by atoms with van der Waals surface area (Å²) in [5, 5.41) is 0. The number of nitrogens with zero attached hydrogens (tertiary/aromatic N) is 3. The molecule has 0 saturated carbocycles. The molecule has 0 spiro atoms. The first kappa shape index (κ1) is 26.3. The molecule has 0 bridgehead atoms. The fraction of sp³-hybridized carbons (Fsp3) is 0.0513. The highest BCUT2D eigenvalue weighted by atomic mass is 16.5. The Morgan fingerprint density at radius 3 is 1.77 bits per heavy atom. The van der Waals surface area contributed by atoms with E-state index in [1.165, 1.54) is 22.3 Å². The number of rotatable bonds is 7. The summed E-state index contributed by atoms with van der Waals surface area (Å²) in [6.07, 6.45) is 6.04. The van der Waals surface area contributed by atoms with Crippen molar-refractivity contribution in [1.29, 1.82) is 0 Å². The van der Waals surface area contributed by atoms with E-state index in [0.717, 1.165) is 46.2 Å². The predicted molar refractivity (Wildman–Crippen MR) is 177 cm³/mol. The highest BCUT2D eigenvalue weighted by Gasteiger charge is 2.13. The Balaban J connectivity index is 1.20. The van der Waals surface area contributed by atoms with Gasteiger partial charge in [0.15, 0.2) is 0 Å². The van der Waals surface area contributed by atoms with Crippen LogP contribution in [0.1, 0.15) is 0 Å². The van der Waals surface area contributed by atoms with E-state index in [1.54, 1.807) is 0 Å². The van der Waals surface area contributed by atoms with E-state index in [-0.39, 0.29) is 0 Å². The van der Waals surface area contributed by atoms with Crippen molar-refractivity contribution in [3.05, 3.63) is 158 Å². The van der Waals surface area contributed by atoms with Gasteiger partial charge in [-0.25, -0.2) is 0 Å². The largest absolute Gasteiger partial charge is 0.457 e. The molecule has 6 aromatic rings. The summed E-state index contributed by atoms with van der Waals surface area (Å²) in [7, 11) is 2.06. The maximum atomic E-state index is 6.32. The molecule has 0 atom stereocenters. The normalized spacial score (nSPS) is 12.5.